The first-order chi connectivity index (χ1) is 4.81. The van der Waals surface area contributed by atoms with Gasteiger partial charge in [0.25, 0.3) is 0 Å². The molecule has 0 nitrogen and oxygen atoms in total. The van der Waals surface area contributed by atoms with E-state index in [2.05, 4.69) is 20.8 Å². The van der Waals surface area contributed by atoms with Gasteiger partial charge in [-0.15, -0.1) is 0 Å². The molecule has 0 bridgehead atoms. The van der Waals surface area contributed by atoms with Crippen molar-refractivity contribution in [3.63, 3.8) is 0 Å². The summed E-state index contributed by atoms with van der Waals surface area (Å²) in [6.45, 7) is 7.02. The Kier molecular flexibility index (Phi) is 2.76. The molecule has 1 rings (SSSR count). The molecule has 0 heteroatoms. The topological polar surface area (TPSA) is 0 Å². The van der Waals surface area contributed by atoms with Crippen molar-refractivity contribution in [2.24, 2.45) is 17.8 Å². The van der Waals surface area contributed by atoms with E-state index < -0.39 is 0 Å². The summed E-state index contributed by atoms with van der Waals surface area (Å²) >= 11 is 0. The van der Waals surface area contributed by atoms with Gasteiger partial charge in [0.2, 0.25) is 0 Å². The first kappa shape index (κ1) is 8.10. The van der Waals surface area contributed by atoms with Crippen LogP contribution < -0.4 is 0 Å². The average molecular weight is 140 g/mol. The zero-order valence-corrected chi connectivity index (χ0v) is 7.56. The van der Waals surface area contributed by atoms with E-state index in [-0.39, 0.29) is 0 Å². The molecular formula is C10H20. The van der Waals surface area contributed by atoms with Crippen LogP contribution in [-0.4, -0.2) is 0 Å². The van der Waals surface area contributed by atoms with Crippen LogP contribution in [0.3, 0.4) is 0 Å². The number of unbranched alkanes of at least 4 members (excludes halogenated alkanes) is 1. The summed E-state index contributed by atoms with van der Waals surface area (Å²) in [6.07, 6.45) is 5.73. The zero-order valence-electron chi connectivity index (χ0n) is 7.56. The summed E-state index contributed by atoms with van der Waals surface area (Å²) in [5, 5.41) is 0. The molecule has 0 amide bonds. The lowest BCUT2D eigenvalue weighted by Gasteiger charge is -1.93. The van der Waals surface area contributed by atoms with Crippen molar-refractivity contribution >= 4 is 0 Å². The molecule has 60 valence electrons. The summed E-state index contributed by atoms with van der Waals surface area (Å²) in [6, 6.07) is 0. The van der Waals surface area contributed by atoms with Gasteiger partial charge < -0.3 is 0 Å². The molecule has 0 aromatic heterocycles. The number of hydrogen-bond donors (Lipinski definition) is 0. The van der Waals surface area contributed by atoms with E-state index in [0.717, 1.165) is 17.8 Å². The lowest BCUT2D eigenvalue weighted by molar-refractivity contribution is 0.590. The van der Waals surface area contributed by atoms with Crippen LogP contribution in [0.4, 0.5) is 0 Å². The first-order valence-corrected chi connectivity index (χ1v) is 4.81. The highest BCUT2D eigenvalue weighted by Gasteiger charge is 2.43. The van der Waals surface area contributed by atoms with Gasteiger partial charge in [-0.2, -0.15) is 0 Å². The highest BCUT2D eigenvalue weighted by Crippen LogP contribution is 2.50. The van der Waals surface area contributed by atoms with Gasteiger partial charge in [0, 0.05) is 0 Å². The summed E-state index contributed by atoms with van der Waals surface area (Å²) < 4.78 is 0. The van der Waals surface area contributed by atoms with Gasteiger partial charge in [0.1, 0.15) is 0 Å². The third kappa shape index (κ3) is 1.53. The molecule has 10 heavy (non-hydrogen) atoms. The van der Waals surface area contributed by atoms with Crippen LogP contribution in [0.5, 0.6) is 0 Å². The van der Waals surface area contributed by atoms with Gasteiger partial charge >= 0.3 is 0 Å². The van der Waals surface area contributed by atoms with E-state index in [9.17, 15) is 0 Å². The van der Waals surface area contributed by atoms with Crippen LogP contribution in [0.2, 0.25) is 0 Å². The Morgan fingerprint density at radius 3 is 2.20 bits per heavy atom. The van der Waals surface area contributed by atoms with E-state index >= 15 is 0 Å². The second-order valence-electron chi connectivity index (χ2n) is 3.74. The molecule has 0 aromatic rings. The van der Waals surface area contributed by atoms with Crippen molar-refractivity contribution in [1.82, 2.24) is 0 Å². The van der Waals surface area contributed by atoms with Crippen LogP contribution in [0.1, 0.15) is 46.5 Å². The highest BCUT2D eigenvalue weighted by atomic mass is 14.5. The normalized spacial score (nSPS) is 38.1. The fourth-order valence-electron chi connectivity index (χ4n) is 2.23. The van der Waals surface area contributed by atoms with Crippen LogP contribution in [0.15, 0.2) is 0 Å². The summed E-state index contributed by atoms with van der Waals surface area (Å²) in [5.74, 6) is 3.24. The minimum Gasteiger partial charge on any atom is -0.0654 e. The molecule has 0 N–H and O–H groups in total. The molecule has 1 aliphatic rings. The summed E-state index contributed by atoms with van der Waals surface area (Å²) in [4.78, 5) is 0. The van der Waals surface area contributed by atoms with Crippen LogP contribution in [0.25, 0.3) is 0 Å². The summed E-state index contributed by atoms with van der Waals surface area (Å²) in [5.41, 5.74) is 0. The third-order valence-electron chi connectivity index (χ3n) is 3.12. The predicted octanol–water partition coefficient (Wildman–Crippen LogP) is 3.47. The van der Waals surface area contributed by atoms with Crippen LogP contribution >= 0.6 is 0 Å². The van der Waals surface area contributed by atoms with E-state index in [0.29, 0.717) is 0 Å². The fourth-order valence-corrected chi connectivity index (χ4v) is 2.23. The van der Waals surface area contributed by atoms with E-state index in [4.69, 9.17) is 0 Å². The minimum absolute atomic E-state index is 1.05. The maximum atomic E-state index is 2.41. The molecule has 0 heterocycles. The van der Waals surface area contributed by atoms with Crippen molar-refractivity contribution in [3.05, 3.63) is 0 Å². The Balaban J connectivity index is 2.09. The van der Waals surface area contributed by atoms with Gasteiger partial charge in [-0.3, -0.25) is 0 Å². The van der Waals surface area contributed by atoms with Gasteiger partial charge in [-0.1, -0.05) is 40.0 Å². The van der Waals surface area contributed by atoms with Crippen LogP contribution in [0, 0.1) is 17.8 Å². The van der Waals surface area contributed by atoms with Gasteiger partial charge in [0.05, 0.1) is 0 Å². The van der Waals surface area contributed by atoms with Crippen molar-refractivity contribution in [1.29, 1.82) is 0 Å². The Morgan fingerprint density at radius 2 is 1.80 bits per heavy atom. The second kappa shape index (κ2) is 3.41. The molecule has 0 aromatic carbocycles. The summed E-state index contributed by atoms with van der Waals surface area (Å²) in [7, 11) is 0. The third-order valence-corrected chi connectivity index (χ3v) is 3.12. The maximum Gasteiger partial charge on any atom is -0.0355 e. The van der Waals surface area contributed by atoms with E-state index in [1.54, 1.807) is 0 Å². The van der Waals surface area contributed by atoms with Crippen molar-refractivity contribution in [2.75, 3.05) is 0 Å². The Bertz CT molecular complexity index is 96.2. The molecule has 0 radical (unpaired) electrons. The van der Waals surface area contributed by atoms with Gasteiger partial charge in [-0.25, -0.2) is 0 Å². The minimum atomic E-state index is 1.05. The second-order valence-corrected chi connectivity index (χ2v) is 3.74. The van der Waals surface area contributed by atoms with Crippen molar-refractivity contribution < 1.29 is 0 Å². The first-order valence-electron chi connectivity index (χ1n) is 4.81. The number of hydrogen-bond acceptors (Lipinski definition) is 0. The monoisotopic (exact) mass is 140 g/mol. The SMILES string of the molecule is CCCCC1C(C)C1CC. The average Bonchev–Trinajstić information content (AvgIpc) is 2.56. The molecule has 3 unspecified atom stereocenters. The predicted molar refractivity (Wildman–Crippen MR) is 46.0 cm³/mol. The highest BCUT2D eigenvalue weighted by molar-refractivity contribution is 4.92. The molecule has 1 aliphatic carbocycles. The standard InChI is InChI=1S/C10H20/c1-4-6-7-10-8(3)9(10)5-2/h8-10H,4-7H2,1-3H3. The lowest BCUT2D eigenvalue weighted by atomic mass is 10.1. The molecule has 0 spiro atoms. The smallest absolute Gasteiger partial charge is 0.0355 e. The fraction of sp³-hybridized carbons (Fsp3) is 1.00. The Hall–Kier alpha value is 0. The Labute approximate surface area is 65.0 Å². The van der Waals surface area contributed by atoms with Crippen molar-refractivity contribution in [2.45, 2.75) is 46.5 Å². The van der Waals surface area contributed by atoms with Crippen molar-refractivity contribution in [3.8, 4) is 0 Å². The quantitative estimate of drug-likeness (QED) is 0.561. The molecule has 3 atom stereocenters. The largest absolute Gasteiger partial charge is 0.0654 e. The maximum absolute atomic E-state index is 2.41. The molecular weight excluding hydrogens is 120 g/mol. The van der Waals surface area contributed by atoms with Crippen LogP contribution in [-0.2, 0) is 0 Å². The number of rotatable bonds is 4. The Morgan fingerprint density at radius 1 is 1.10 bits per heavy atom. The molecule has 0 saturated heterocycles. The van der Waals surface area contributed by atoms with E-state index in [1.807, 2.05) is 0 Å². The molecule has 1 saturated carbocycles. The molecule has 0 aliphatic heterocycles. The lowest BCUT2D eigenvalue weighted by Crippen LogP contribution is -1.80. The molecule has 1 fully saturated rings. The van der Waals surface area contributed by atoms with E-state index in [1.165, 1.54) is 25.7 Å². The zero-order chi connectivity index (χ0) is 7.56. The van der Waals surface area contributed by atoms with Gasteiger partial charge in [0.15, 0.2) is 0 Å². The van der Waals surface area contributed by atoms with Gasteiger partial charge in [-0.05, 0) is 24.2 Å².